The maximum absolute atomic E-state index is 10.9. The lowest BCUT2D eigenvalue weighted by Gasteiger charge is -2.26. The topological polar surface area (TPSA) is 102 Å². The van der Waals surface area contributed by atoms with Crippen molar-refractivity contribution in [1.82, 2.24) is 0 Å². The zero-order valence-corrected chi connectivity index (χ0v) is 24.7. The lowest BCUT2D eigenvalue weighted by molar-refractivity contribution is -0.154. The number of hydrogen-bond donors (Lipinski definition) is 2. The highest BCUT2D eigenvalue weighted by Gasteiger charge is 2.37. The fourth-order valence-corrected chi connectivity index (χ4v) is 4.96. The molecular formula is C27H44ClO7PS. The van der Waals surface area contributed by atoms with Crippen LogP contribution < -0.4 is 4.74 Å². The summed E-state index contributed by atoms with van der Waals surface area (Å²) in [7, 11) is -0.905. The normalized spacial score (nSPS) is 14.8. The van der Waals surface area contributed by atoms with Gasteiger partial charge in [0.1, 0.15) is 11.9 Å². The van der Waals surface area contributed by atoms with E-state index in [1.165, 1.54) is 50.0 Å². The predicted octanol–water partition coefficient (Wildman–Crippen LogP) is 7.23. The van der Waals surface area contributed by atoms with Crippen molar-refractivity contribution in [3.05, 3.63) is 29.3 Å². The number of carboxylic acids is 1. The summed E-state index contributed by atoms with van der Waals surface area (Å²) >= 11 is 8.08. The summed E-state index contributed by atoms with van der Waals surface area (Å²) in [6, 6.07) is 7.31. The van der Waals surface area contributed by atoms with Crippen molar-refractivity contribution < 1.29 is 33.8 Å². The van der Waals surface area contributed by atoms with E-state index in [9.17, 15) is 14.5 Å². The molecule has 0 radical (unpaired) electrons. The number of ether oxygens (including phenoxy) is 3. The van der Waals surface area contributed by atoms with Crippen LogP contribution in [0.3, 0.4) is 0 Å². The summed E-state index contributed by atoms with van der Waals surface area (Å²) in [4.78, 5) is 10.9. The van der Waals surface area contributed by atoms with E-state index < -0.39 is 26.4 Å². The Morgan fingerprint density at radius 2 is 1.68 bits per heavy atom. The van der Waals surface area contributed by atoms with Crippen molar-refractivity contribution in [3.63, 3.8) is 0 Å². The Labute approximate surface area is 233 Å². The number of unbranched alkanes of at least 4 members (excludes halogenated alkanes) is 6. The number of rotatable bonds is 24. The van der Waals surface area contributed by atoms with Crippen LogP contribution in [0.15, 0.2) is 24.3 Å². The van der Waals surface area contributed by atoms with Crippen LogP contribution in [0.1, 0.15) is 78.1 Å². The summed E-state index contributed by atoms with van der Waals surface area (Å²) in [6.45, 7) is 4.24. The minimum atomic E-state index is -2.42. The molecule has 1 rings (SSSR count). The van der Waals surface area contributed by atoms with E-state index in [2.05, 4.69) is 18.7 Å². The molecule has 3 atom stereocenters. The van der Waals surface area contributed by atoms with Gasteiger partial charge in [-0.2, -0.15) is 11.8 Å². The molecule has 1 aromatic carbocycles. The van der Waals surface area contributed by atoms with Crippen molar-refractivity contribution in [2.75, 3.05) is 31.3 Å². The third kappa shape index (κ3) is 16.0. The van der Waals surface area contributed by atoms with Crippen LogP contribution >= 0.6 is 31.8 Å². The molecule has 0 saturated carbocycles. The van der Waals surface area contributed by atoms with Crippen LogP contribution in [0.25, 0.3) is 0 Å². The quantitative estimate of drug-likeness (QED) is 0.0978. The van der Waals surface area contributed by atoms with Crippen molar-refractivity contribution in [3.8, 4) is 5.75 Å². The highest BCUT2D eigenvalue weighted by atomic mass is 35.5. The van der Waals surface area contributed by atoms with Crippen molar-refractivity contribution >= 4 is 37.8 Å². The molecule has 1 aromatic rings. The van der Waals surface area contributed by atoms with Crippen LogP contribution in [-0.4, -0.2) is 65.1 Å². The van der Waals surface area contributed by atoms with Gasteiger partial charge in [0.25, 0.3) is 5.34 Å². The average Bonchev–Trinajstić information content (AvgIpc) is 2.89. The highest BCUT2D eigenvalue weighted by Crippen LogP contribution is 2.22. The fraction of sp³-hybridized carbons (Fsp3) is 0.741. The number of halogens is 1. The number of hydrogen-bond acceptors (Lipinski definition) is 7. The number of benzene rings is 1. The summed E-state index contributed by atoms with van der Waals surface area (Å²) < 4.78 is 28.3. The maximum Gasteiger partial charge on any atom is 0.350 e. The van der Waals surface area contributed by atoms with Crippen LogP contribution in [0.2, 0.25) is 5.02 Å². The molecule has 0 saturated heterocycles. The van der Waals surface area contributed by atoms with Gasteiger partial charge in [-0.15, -0.1) is 0 Å². The van der Waals surface area contributed by atoms with Crippen molar-refractivity contribution in [2.45, 2.75) is 95.6 Å². The smallest absolute Gasteiger partial charge is 0.350 e. The van der Waals surface area contributed by atoms with Gasteiger partial charge in [-0.3, -0.25) is 4.57 Å². The molecule has 0 aliphatic rings. The number of carboxylic acid groups (broad SMARTS) is 1. The van der Waals surface area contributed by atoms with Gasteiger partial charge in [-0.1, -0.05) is 50.6 Å². The molecule has 7 nitrogen and oxygen atoms in total. The van der Waals surface area contributed by atoms with E-state index in [4.69, 9.17) is 30.9 Å². The highest BCUT2D eigenvalue weighted by molar-refractivity contribution is 7.99. The first kappa shape index (κ1) is 34.1. The first-order chi connectivity index (χ1) is 17.8. The molecule has 2 N–H and O–H groups in total. The predicted molar refractivity (Wildman–Crippen MR) is 151 cm³/mol. The Morgan fingerprint density at radius 3 is 2.32 bits per heavy atom. The maximum atomic E-state index is 10.9. The molecule has 0 spiro atoms. The molecule has 37 heavy (non-hydrogen) atoms. The minimum Gasteiger partial charge on any atom is -0.488 e. The van der Waals surface area contributed by atoms with Crippen LogP contribution in [0.5, 0.6) is 5.75 Å². The number of aliphatic hydroxyl groups is 1. The largest absolute Gasteiger partial charge is 0.488 e. The van der Waals surface area contributed by atoms with Crippen molar-refractivity contribution in [1.29, 1.82) is 0 Å². The lowest BCUT2D eigenvalue weighted by atomic mass is 10.0. The van der Waals surface area contributed by atoms with Crippen LogP contribution in [-0.2, 0) is 18.8 Å². The van der Waals surface area contributed by atoms with E-state index in [0.29, 0.717) is 18.1 Å². The van der Waals surface area contributed by atoms with Gasteiger partial charge in [-0.05, 0) is 74.8 Å². The zero-order valence-electron chi connectivity index (χ0n) is 22.2. The molecule has 3 unspecified atom stereocenters. The van der Waals surface area contributed by atoms with Gasteiger partial charge in [0, 0.05) is 18.2 Å². The first-order valence-electron chi connectivity index (χ1n) is 13.3. The van der Waals surface area contributed by atoms with E-state index >= 15 is 0 Å². The monoisotopic (exact) mass is 578 g/mol. The van der Waals surface area contributed by atoms with Gasteiger partial charge >= 0.3 is 5.97 Å². The van der Waals surface area contributed by atoms with Gasteiger partial charge < -0.3 is 24.4 Å². The standard InChI is InChI=1S/C27H44ClO7PS/c1-3-4-9-19-37-20-10-7-5-6-8-12-25(35-24-15-13-23(28)14-16-24)22(2)34-18-11-17-33-21-27(31,36-32)26(29)30/h13-16,22,25,31H,3-12,17-21H2,1-2H3,(H,29,30). The molecule has 212 valence electrons. The van der Waals surface area contributed by atoms with E-state index in [1.807, 2.05) is 19.1 Å². The number of aliphatic carboxylic acids is 1. The molecule has 0 aliphatic carbocycles. The van der Waals surface area contributed by atoms with Gasteiger partial charge in [-0.25, -0.2) is 4.79 Å². The second-order valence-electron chi connectivity index (χ2n) is 9.18. The first-order valence-corrected chi connectivity index (χ1v) is 15.7. The number of thioether (sulfide) groups is 1. The molecule has 0 heterocycles. The third-order valence-corrected chi connectivity index (χ3v) is 7.93. The Hall–Kier alpha value is -0.890. The lowest BCUT2D eigenvalue weighted by Crippen LogP contribution is -2.37. The van der Waals surface area contributed by atoms with Gasteiger partial charge in [0.2, 0.25) is 8.46 Å². The van der Waals surface area contributed by atoms with Crippen molar-refractivity contribution in [2.24, 2.45) is 0 Å². The molecule has 0 amide bonds. The molecule has 0 aliphatic heterocycles. The second-order valence-corrected chi connectivity index (χ2v) is 11.8. The summed E-state index contributed by atoms with van der Waals surface area (Å²) in [6.07, 6.45) is 11.0. The average molecular weight is 579 g/mol. The molecule has 0 bridgehead atoms. The Morgan fingerprint density at radius 1 is 1.03 bits per heavy atom. The fourth-order valence-electron chi connectivity index (χ4n) is 3.59. The van der Waals surface area contributed by atoms with Crippen LogP contribution in [0.4, 0.5) is 0 Å². The molecule has 10 heteroatoms. The van der Waals surface area contributed by atoms with E-state index in [0.717, 1.165) is 25.0 Å². The zero-order chi connectivity index (χ0) is 27.4. The van der Waals surface area contributed by atoms with Gasteiger partial charge in [0.15, 0.2) is 0 Å². The van der Waals surface area contributed by atoms with E-state index in [-0.39, 0.29) is 18.8 Å². The van der Waals surface area contributed by atoms with E-state index in [1.54, 1.807) is 12.1 Å². The summed E-state index contributed by atoms with van der Waals surface area (Å²) in [5.74, 6) is 1.70. The molecule has 0 aromatic heterocycles. The molecule has 0 fully saturated rings. The Kier molecular flexibility index (Phi) is 19.4. The van der Waals surface area contributed by atoms with Gasteiger partial charge in [0.05, 0.1) is 12.7 Å². The summed E-state index contributed by atoms with van der Waals surface area (Å²) in [5.41, 5.74) is 0. The SMILES string of the molecule is CCCCCSCCCCCCCC(Oc1ccc(Cl)cc1)C(C)OCCCOCC(O)(P=O)C(=O)O. The molecular weight excluding hydrogens is 535 g/mol. The number of carbonyl (C=O) groups is 1. The Bertz CT molecular complexity index is 740. The minimum absolute atomic E-state index is 0.118. The summed E-state index contributed by atoms with van der Waals surface area (Å²) in [5, 5.41) is 16.8. The van der Waals surface area contributed by atoms with Crippen LogP contribution in [0, 0.1) is 0 Å². The second kappa shape index (κ2) is 21.0. The third-order valence-electron chi connectivity index (χ3n) is 5.90. The Balaban J connectivity index is 2.36.